The number of Topliss-reactive ketones (excluding diaryl/α,β-unsaturated/α-hetero) is 1. The van der Waals surface area contributed by atoms with E-state index in [1.807, 2.05) is 6.07 Å². The van der Waals surface area contributed by atoms with Gasteiger partial charge in [-0.3, -0.25) is 9.69 Å². The van der Waals surface area contributed by atoms with Crippen LogP contribution in [0, 0.1) is 22.6 Å². The van der Waals surface area contributed by atoms with E-state index in [0.29, 0.717) is 35.5 Å². The van der Waals surface area contributed by atoms with Crippen molar-refractivity contribution in [3.05, 3.63) is 74.6 Å². The Labute approximate surface area is 192 Å². The molecule has 2 heterocycles. The lowest BCUT2D eigenvalue weighted by Crippen LogP contribution is -2.42. The van der Waals surface area contributed by atoms with Gasteiger partial charge in [0.2, 0.25) is 0 Å². The third kappa shape index (κ3) is 3.98. The Morgan fingerprint density at radius 3 is 2.59 bits per heavy atom. The summed E-state index contributed by atoms with van der Waals surface area (Å²) in [6.07, 6.45) is 4.28. The van der Waals surface area contributed by atoms with E-state index in [0.717, 1.165) is 29.8 Å². The number of thiophene rings is 1. The third-order valence-electron chi connectivity index (χ3n) is 6.21. The lowest BCUT2D eigenvalue weighted by molar-refractivity contribution is -0.118. The second-order valence-electron chi connectivity index (χ2n) is 9.36. The van der Waals surface area contributed by atoms with Gasteiger partial charge in [-0.05, 0) is 61.1 Å². The number of carbonyl (C=O) groups is 1. The highest BCUT2D eigenvalue weighted by Crippen LogP contribution is 2.51. The van der Waals surface area contributed by atoms with E-state index >= 15 is 0 Å². The molecule has 1 aromatic carbocycles. The largest absolute Gasteiger partial charge is 0.384 e. The maximum Gasteiger partial charge on any atom is 0.162 e. The monoisotopic (exact) mass is 449 g/mol. The predicted molar refractivity (Wildman–Crippen MR) is 126 cm³/mol. The van der Waals surface area contributed by atoms with Crippen LogP contribution in [0.25, 0.3) is 0 Å². The number of nitriles is 1. The van der Waals surface area contributed by atoms with Crippen LogP contribution in [0.4, 0.5) is 10.1 Å². The maximum absolute atomic E-state index is 13.6. The zero-order valence-corrected chi connectivity index (χ0v) is 19.6. The molecule has 32 heavy (non-hydrogen) atoms. The van der Waals surface area contributed by atoms with Gasteiger partial charge in [0, 0.05) is 33.1 Å². The van der Waals surface area contributed by atoms with Gasteiger partial charge in [-0.15, -0.1) is 11.3 Å². The number of hydrogen-bond acceptors (Lipinski definition) is 5. The topological polar surface area (TPSA) is 70.1 Å². The van der Waals surface area contributed by atoms with Crippen molar-refractivity contribution in [1.29, 1.82) is 5.26 Å². The molecule has 0 saturated carbocycles. The van der Waals surface area contributed by atoms with Gasteiger partial charge in [0.05, 0.1) is 17.6 Å². The minimum atomic E-state index is -0.448. The molecule has 0 spiro atoms. The maximum atomic E-state index is 13.6. The summed E-state index contributed by atoms with van der Waals surface area (Å²) in [6.45, 7) is 6.30. The first-order valence-corrected chi connectivity index (χ1v) is 11.9. The average Bonchev–Trinajstić information content (AvgIpc) is 3.20. The molecule has 4 nitrogen and oxygen atoms in total. The van der Waals surface area contributed by atoms with Gasteiger partial charge in [0.1, 0.15) is 11.6 Å². The quantitative estimate of drug-likeness (QED) is 0.592. The molecule has 1 atom stereocenters. The number of ketones is 1. The van der Waals surface area contributed by atoms with Crippen LogP contribution in [-0.4, -0.2) is 5.78 Å². The Morgan fingerprint density at radius 2 is 1.94 bits per heavy atom. The number of carbonyl (C=O) groups excluding carboxylic acids is 1. The molecule has 1 unspecified atom stereocenters. The molecule has 1 aromatic heterocycles. The summed E-state index contributed by atoms with van der Waals surface area (Å²) in [5, 5.41) is 10.1. The standard InChI is InChI=1S/C26H28FN3OS/c1-4-5-6-18-11-12-22(32-18)23-19(15-28)25(29)30(17-9-7-16(27)8-10-17)20-13-26(2,3)14-21(31)24(20)23/h7-12,23H,4-6,13-14,29H2,1-3H3. The SMILES string of the molecule is CCCCc1ccc(C2C(C#N)=C(N)N(c3ccc(F)cc3)C3=C2C(=O)CC(C)(C)C3)s1. The number of anilines is 1. The van der Waals surface area contributed by atoms with E-state index in [4.69, 9.17) is 5.73 Å². The number of benzene rings is 1. The average molecular weight is 450 g/mol. The van der Waals surface area contributed by atoms with Crippen molar-refractivity contribution in [3.63, 3.8) is 0 Å². The lowest BCUT2D eigenvalue weighted by atomic mass is 9.69. The highest BCUT2D eigenvalue weighted by molar-refractivity contribution is 7.12. The minimum absolute atomic E-state index is 0.0529. The molecule has 2 N–H and O–H groups in total. The van der Waals surface area contributed by atoms with Gasteiger partial charge in [-0.2, -0.15) is 5.26 Å². The third-order valence-corrected chi connectivity index (χ3v) is 7.42. The van der Waals surface area contributed by atoms with Crippen molar-refractivity contribution in [3.8, 4) is 6.07 Å². The lowest BCUT2D eigenvalue weighted by Gasteiger charge is -2.43. The molecule has 2 aliphatic rings. The molecule has 0 fully saturated rings. The van der Waals surface area contributed by atoms with Crippen LogP contribution in [0.15, 0.2) is 59.1 Å². The van der Waals surface area contributed by atoms with E-state index < -0.39 is 5.92 Å². The molecule has 1 aliphatic carbocycles. The summed E-state index contributed by atoms with van der Waals surface area (Å²) in [5.41, 5.74) is 8.89. The van der Waals surface area contributed by atoms with Crippen LogP contribution < -0.4 is 10.6 Å². The number of unbranched alkanes of at least 4 members (excludes halogenated alkanes) is 1. The Balaban J connectivity index is 1.90. The molecule has 6 heteroatoms. The van der Waals surface area contributed by atoms with Crippen molar-refractivity contribution in [2.45, 2.75) is 58.8 Å². The number of allylic oxidation sites excluding steroid dienone is 3. The molecular formula is C26H28FN3OS. The zero-order valence-electron chi connectivity index (χ0n) is 18.7. The molecular weight excluding hydrogens is 421 g/mol. The van der Waals surface area contributed by atoms with E-state index in [-0.39, 0.29) is 17.0 Å². The van der Waals surface area contributed by atoms with E-state index in [9.17, 15) is 14.4 Å². The normalized spacial score (nSPS) is 20.4. The molecule has 0 saturated heterocycles. The zero-order chi connectivity index (χ0) is 23.0. The fourth-order valence-corrected chi connectivity index (χ4v) is 5.89. The van der Waals surface area contributed by atoms with Crippen molar-refractivity contribution < 1.29 is 9.18 Å². The Kier molecular flexibility index (Phi) is 5.96. The number of rotatable bonds is 5. The first-order valence-electron chi connectivity index (χ1n) is 11.1. The van der Waals surface area contributed by atoms with Gasteiger partial charge in [0.15, 0.2) is 5.78 Å². The van der Waals surface area contributed by atoms with Gasteiger partial charge in [0.25, 0.3) is 0 Å². The molecule has 0 radical (unpaired) electrons. The van der Waals surface area contributed by atoms with Crippen LogP contribution in [-0.2, 0) is 11.2 Å². The van der Waals surface area contributed by atoms with E-state index in [1.54, 1.807) is 28.4 Å². The van der Waals surface area contributed by atoms with Crippen molar-refractivity contribution >= 4 is 22.8 Å². The first-order chi connectivity index (χ1) is 15.3. The second-order valence-corrected chi connectivity index (χ2v) is 10.6. The highest BCUT2D eigenvalue weighted by atomic mass is 32.1. The summed E-state index contributed by atoms with van der Waals surface area (Å²) in [4.78, 5) is 17.5. The van der Waals surface area contributed by atoms with Gasteiger partial charge in [-0.1, -0.05) is 27.2 Å². The molecule has 4 rings (SSSR count). The smallest absolute Gasteiger partial charge is 0.162 e. The molecule has 166 valence electrons. The fourth-order valence-electron chi connectivity index (χ4n) is 4.71. The minimum Gasteiger partial charge on any atom is -0.384 e. The molecule has 2 aromatic rings. The molecule has 1 aliphatic heterocycles. The van der Waals surface area contributed by atoms with Crippen molar-refractivity contribution in [2.24, 2.45) is 11.1 Å². The van der Waals surface area contributed by atoms with Crippen molar-refractivity contribution in [1.82, 2.24) is 0 Å². The Morgan fingerprint density at radius 1 is 1.22 bits per heavy atom. The number of aryl methyl sites for hydroxylation is 1. The fraction of sp³-hybridized carbons (Fsp3) is 0.385. The van der Waals surface area contributed by atoms with Crippen LogP contribution >= 0.6 is 11.3 Å². The van der Waals surface area contributed by atoms with Crippen LogP contribution in [0.1, 0.15) is 62.1 Å². The van der Waals surface area contributed by atoms with Gasteiger partial charge < -0.3 is 5.73 Å². The summed E-state index contributed by atoms with van der Waals surface area (Å²) in [7, 11) is 0. The Hall–Kier alpha value is -2.91. The molecule has 0 amide bonds. The highest BCUT2D eigenvalue weighted by Gasteiger charge is 2.45. The van der Waals surface area contributed by atoms with Crippen LogP contribution in [0.3, 0.4) is 0 Å². The number of hydrogen-bond donors (Lipinski definition) is 1. The van der Waals surface area contributed by atoms with Gasteiger partial charge >= 0.3 is 0 Å². The number of nitrogens with zero attached hydrogens (tertiary/aromatic N) is 2. The number of nitrogens with two attached hydrogens (primary N) is 1. The van der Waals surface area contributed by atoms with E-state index in [2.05, 4.69) is 32.9 Å². The molecule has 0 bridgehead atoms. The first kappa shape index (κ1) is 22.3. The van der Waals surface area contributed by atoms with Crippen LogP contribution in [0.5, 0.6) is 0 Å². The van der Waals surface area contributed by atoms with E-state index in [1.165, 1.54) is 17.0 Å². The summed E-state index contributed by atoms with van der Waals surface area (Å²) in [5.74, 6) is -0.427. The second kappa shape index (κ2) is 8.55. The summed E-state index contributed by atoms with van der Waals surface area (Å²) < 4.78 is 13.6. The summed E-state index contributed by atoms with van der Waals surface area (Å²) in [6, 6.07) is 12.5. The summed E-state index contributed by atoms with van der Waals surface area (Å²) >= 11 is 1.66. The van der Waals surface area contributed by atoms with Crippen LogP contribution in [0.2, 0.25) is 0 Å². The van der Waals surface area contributed by atoms with Crippen molar-refractivity contribution in [2.75, 3.05) is 4.90 Å². The van der Waals surface area contributed by atoms with Gasteiger partial charge in [-0.25, -0.2) is 4.39 Å². The Bertz CT molecular complexity index is 1150. The predicted octanol–water partition coefficient (Wildman–Crippen LogP) is 6.17. The number of halogens is 1.